The number of aryl methyl sites for hydroxylation is 1. The summed E-state index contributed by atoms with van der Waals surface area (Å²) in [5, 5.41) is 10.7. The predicted molar refractivity (Wildman–Crippen MR) is 191 cm³/mol. The topological polar surface area (TPSA) is 66.4 Å². The summed E-state index contributed by atoms with van der Waals surface area (Å²) in [6.07, 6.45) is 0.297. The first-order valence-corrected chi connectivity index (χ1v) is 16.9. The number of phenols is 1. The van der Waals surface area contributed by atoms with Gasteiger partial charge in [-0.05, 0) is 53.3 Å². The number of aromatic hydroxyl groups is 1. The van der Waals surface area contributed by atoms with Crippen LogP contribution in [0.4, 0.5) is 0 Å². The lowest BCUT2D eigenvalue weighted by molar-refractivity contribution is -0.223. The van der Waals surface area contributed by atoms with Crippen molar-refractivity contribution in [3.8, 4) is 5.75 Å². The average Bonchev–Trinajstić information content (AvgIpc) is 3.15. The second kappa shape index (κ2) is 17.6. The van der Waals surface area contributed by atoms with E-state index in [-0.39, 0.29) is 12.4 Å². The number of rotatable bonds is 15. The molecule has 6 heteroatoms. The van der Waals surface area contributed by atoms with Crippen LogP contribution in [0.5, 0.6) is 5.75 Å². The van der Waals surface area contributed by atoms with Gasteiger partial charge in [-0.1, -0.05) is 139 Å². The Morgan fingerprint density at radius 2 is 1.08 bits per heavy atom. The van der Waals surface area contributed by atoms with Gasteiger partial charge >= 0.3 is 0 Å². The highest BCUT2D eigenvalue weighted by atomic mass is 16.6. The Morgan fingerprint density at radius 3 is 1.63 bits per heavy atom. The van der Waals surface area contributed by atoms with Gasteiger partial charge in [0.25, 0.3) is 0 Å². The fraction of sp³-hybridized carbons (Fsp3) is 0.256. The third-order valence-electron chi connectivity index (χ3n) is 8.55. The number of ether oxygens (including phenoxy) is 5. The molecule has 1 aliphatic heterocycles. The van der Waals surface area contributed by atoms with E-state index in [1.807, 2.05) is 134 Å². The maximum absolute atomic E-state index is 10.7. The first-order chi connectivity index (χ1) is 24.1. The number of phenolic OH excluding ortho intramolecular Hbond substituents is 1. The van der Waals surface area contributed by atoms with E-state index < -0.39 is 24.4 Å². The van der Waals surface area contributed by atoms with Crippen LogP contribution in [0.15, 0.2) is 151 Å². The van der Waals surface area contributed by atoms with E-state index in [0.717, 1.165) is 33.4 Å². The fourth-order valence-electron chi connectivity index (χ4n) is 5.96. The van der Waals surface area contributed by atoms with Gasteiger partial charge in [0.15, 0.2) is 6.10 Å². The smallest absolute Gasteiger partial charge is 0.150 e. The minimum absolute atomic E-state index is 0.240. The SMILES string of the molecule is Cc1ccc(O)c(C/C=C2\O[C@H](COCc3ccccc3)[C@@H](OCc3ccccc3)[C@H](OCc3ccccc3)[C@H]2OCc2ccccc2)c1. The van der Waals surface area contributed by atoms with Gasteiger partial charge in [0.05, 0.1) is 33.0 Å². The summed E-state index contributed by atoms with van der Waals surface area (Å²) in [5.74, 6) is 0.867. The highest BCUT2D eigenvalue weighted by molar-refractivity contribution is 5.37. The molecule has 49 heavy (non-hydrogen) atoms. The average molecular weight is 657 g/mol. The standard InChI is InChI=1S/C43H44O6/c1-32-22-24-38(44)37(26-32)23-25-39-41(46-28-34-16-8-3-9-17-34)43(48-30-36-20-12-5-13-21-36)42(47-29-35-18-10-4-11-19-35)40(49-39)31-45-27-33-14-6-2-7-15-33/h2-22,24-26,40-44H,23,27-31H2,1H3/b39-25-/t40-,41+,42-,43-/m1/s1. The van der Waals surface area contributed by atoms with Crippen LogP contribution in [0.1, 0.15) is 33.4 Å². The first-order valence-electron chi connectivity index (χ1n) is 16.9. The van der Waals surface area contributed by atoms with Crippen molar-refractivity contribution in [1.82, 2.24) is 0 Å². The molecule has 252 valence electrons. The molecule has 6 nitrogen and oxygen atoms in total. The molecule has 5 aromatic carbocycles. The van der Waals surface area contributed by atoms with Crippen molar-refractivity contribution >= 4 is 0 Å². The zero-order valence-electron chi connectivity index (χ0n) is 27.9. The van der Waals surface area contributed by atoms with E-state index in [1.165, 1.54) is 0 Å². The summed E-state index contributed by atoms with van der Waals surface area (Å²) in [4.78, 5) is 0. The lowest BCUT2D eigenvalue weighted by Crippen LogP contribution is -2.56. The summed E-state index contributed by atoms with van der Waals surface area (Å²) in [7, 11) is 0. The summed E-state index contributed by atoms with van der Waals surface area (Å²) in [6.45, 7) is 3.82. The molecular formula is C43H44O6. The number of allylic oxidation sites excluding steroid dienone is 1. The minimum atomic E-state index is -0.595. The van der Waals surface area contributed by atoms with E-state index in [9.17, 15) is 5.11 Å². The first kappa shape index (κ1) is 34.2. The van der Waals surface area contributed by atoms with E-state index in [4.69, 9.17) is 23.7 Å². The maximum Gasteiger partial charge on any atom is 0.150 e. The molecule has 0 spiro atoms. The molecule has 0 saturated carbocycles. The molecule has 4 atom stereocenters. The van der Waals surface area contributed by atoms with E-state index in [2.05, 4.69) is 12.1 Å². The summed E-state index contributed by atoms with van der Waals surface area (Å²) < 4.78 is 33.4. The van der Waals surface area contributed by atoms with Gasteiger partial charge in [0, 0.05) is 0 Å². The van der Waals surface area contributed by atoms with Crippen molar-refractivity contribution in [2.45, 2.75) is 64.2 Å². The van der Waals surface area contributed by atoms with Crippen molar-refractivity contribution in [3.05, 3.63) is 185 Å². The van der Waals surface area contributed by atoms with Crippen LogP contribution in [-0.2, 0) is 56.5 Å². The molecule has 1 heterocycles. The number of hydrogen-bond acceptors (Lipinski definition) is 6. The number of benzene rings is 5. The van der Waals surface area contributed by atoms with Crippen LogP contribution in [-0.4, -0.2) is 36.1 Å². The van der Waals surface area contributed by atoms with Crippen molar-refractivity contribution in [1.29, 1.82) is 0 Å². The number of hydrogen-bond donors (Lipinski definition) is 1. The Balaban J connectivity index is 1.34. The molecule has 0 bridgehead atoms. The molecule has 1 aliphatic rings. The van der Waals surface area contributed by atoms with Crippen LogP contribution >= 0.6 is 0 Å². The van der Waals surface area contributed by atoms with Gasteiger partial charge in [0.1, 0.15) is 29.8 Å². The Kier molecular flexibility index (Phi) is 12.3. The molecule has 1 N–H and O–H groups in total. The highest BCUT2D eigenvalue weighted by Gasteiger charge is 2.46. The quantitative estimate of drug-likeness (QED) is 0.122. The normalized spacial score (nSPS) is 19.8. The van der Waals surface area contributed by atoms with Crippen LogP contribution in [0, 0.1) is 6.92 Å². The minimum Gasteiger partial charge on any atom is -0.508 e. The van der Waals surface area contributed by atoms with Crippen molar-refractivity contribution in [2.75, 3.05) is 6.61 Å². The van der Waals surface area contributed by atoms with Crippen LogP contribution in [0.2, 0.25) is 0 Å². The second-order valence-electron chi connectivity index (χ2n) is 12.3. The largest absolute Gasteiger partial charge is 0.508 e. The monoisotopic (exact) mass is 656 g/mol. The van der Waals surface area contributed by atoms with Crippen LogP contribution < -0.4 is 0 Å². The van der Waals surface area contributed by atoms with Crippen molar-refractivity contribution in [3.63, 3.8) is 0 Å². The molecule has 6 rings (SSSR count). The van der Waals surface area contributed by atoms with E-state index >= 15 is 0 Å². The zero-order chi connectivity index (χ0) is 33.7. The van der Waals surface area contributed by atoms with Gasteiger partial charge in [-0.3, -0.25) is 0 Å². The van der Waals surface area contributed by atoms with Gasteiger partial charge in [-0.25, -0.2) is 0 Å². The fourth-order valence-corrected chi connectivity index (χ4v) is 5.96. The molecule has 0 amide bonds. The lowest BCUT2D eigenvalue weighted by atomic mass is 9.95. The van der Waals surface area contributed by atoms with Crippen molar-refractivity contribution in [2.24, 2.45) is 0 Å². The molecule has 0 aromatic heterocycles. The Labute approximate surface area is 289 Å². The van der Waals surface area contributed by atoms with Crippen LogP contribution in [0.25, 0.3) is 0 Å². The molecule has 1 saturated heterocycles. The molecule has 0 unspecified atom stereocenters. The molecular weight excluding hydrogens is 612 g/mol. The van der Waals surface area contributed by atoms with E-state index in [1.54, 1.807) is 6.07 Å². The van der Waals surface area contributed by atoms with Gasteiger partial charge in [-0.15, -0.1) is 0 Å². The summed E-state index contributed by atoms with van der Waals surface area (Å²) in [5.41, 5.74) is 6.08. The van der Waals surface area contributed by atoms with Crippen molar-refractivity contribution < 1.29 is 28.8 Å². The Hall–Kier alpha value is -4.72. The summed E-state index contributed by atoms with van der Waals surface area (Å²) >= 11 is 0. The Bertz CT molecular complexity index is 1730. The third-order valence-corrected chi connectivity index (χ3v) is 8.55. The van der Waals surface area contributed by atoms with Gasteiger partial charge in [-0.2, -0.15) is 0 Å². The maximum atomic E-state index is 10.7. The highest BCUT2D eigenvalue weighted by Crippen LogP contribution is 2.34. The molecule has 0 aliphatic carbocycles. The second-order valence-corrected chi connectivity index (χ2v) is 12.3. The molecule has 1 fully saturated rings. The summed E-state index contributed by atoms with van der Waals surface area (Å²) in [6, 6.07) is 46.0. The van der Waals surface area contributed by atoms with E-state index in [0.29, 0.717) is 38.6 Å². The Morgan fingerprint density at radius 1 is 0.592 bits per heavy atom. The lowest BCUT2D eigenvalue weighted by Gasteiger charge is -2.43. The molecule has 5 aromatic rings. The zero-order valence-corrected chi connectivity index (χ0v) is 27.9. The van der Waals surface area contributed by atoms with Gasteiger partial charge in [0.2, 0.25) is 0 Å². The third kappa shape index (κ3) is 9.91. The van der Waals surface area contributed by atoms with Gasteiger partial charge < -0.3 is 28.8 Å². The predicted octanol–water partition coefficient (Wildman–Crippen LogP) is 8.50. The van der Waals surface area contributed by atoms with Crippen LogP contribution in [0.3, 0.4) is 0 Å². The molecule has 0 radical (unpaired) electrons.